The highest BCUT2D eigenvalue weighted by Gasteiger charge is 2.21. The van der Waals surface area contributed by atoms with Gasteiger partial charge in [0.15, 0.2) is 0 Å². The van der Waals surface area contributed by atoms with Crippen LogP contribution in [-0.2, 0) is 16.1 Å². The third kappa shape index (κ3) is 4.62. The average molecular weight is 353 g/mol. The summed E-state index contributed by atoms with van der Waals surface area (Å²) < 4.78 is 5.46. The molecule has 1 aliphatic rings. The van der Waals surface area contributed by atoms with E-state index in [4.69, 9.17) is 4.74 Å². The molecule has 0 aliphatic carbocycles. The predicted octanol–water partition coefficient (Wildman–Crippen LogP) is 2.98. The number of nitrogens with zero attached hydrogens (tertiary/aromatic N) is 2. The zero-order valence-electron chi connectivity index (χ0n) is 15.5. The summed E-state index contributed by atoms with van der Waals surface area (Å²) >= 11 is 0. The fourth-order valence-electron chi connectivity index (χ4n) is 3.13. The van der Waals surface area contributed by atoms with Crippen molar-refractivity contribution in [2.24, 2.45) is 0 Å². The number of amides is 1. The van der Waals surface area contributed by atoms with Crippen LogP contribution in [0.4, 0.5) is 11.4 Å². The van der Waals surface area contributed by atoms with Gasteiger partial charge in [-0.1, -0.05) is 36.4 Å². The van der Waals surface area contributed by atoms with E-state index in [0.29, 0.717) is 0 Å². The van der Waals surface area contributed by atoms with Crippen molar-refractivity contribution >= 4 is 17.3 Å². The highest BCUT2D eigenvalue weighted by Crippen LogP contribution is 2.23. The van der Waals surface area contributed by atoms with Crippen molar-refractivity contribution in [3.63, 3.8) is 0 Å². The normalized spacial score (nSPS) is 15.7. The Morgan fingerprint density at radius 3 is 2.50 bits per heavy atom. The highest BCUT2D eigenvalue weighted by molar-refractivity contribution is 5.94. The Morgan fingerprint density at radius 1 is 1.12 bits per heavy atom. The van der Waals surface area contributed by atoms with E-state index in [0.717, 1.165) is 38.5 Å². The number of carbonyl (C=O) groups excluding carboxylic acids is 1. The van der Waals surface area contributed by atoms with Crippen LogP contribution in [-0.4, -0.2) is 50.2 Å². The lowest BCUT2D eigenvalue weighted by Crippen LogP contribution is -2.40. The number of hydrogen-bond donors (Lipinski definition) is 1. The first-order valence-electron chi connectivity index (χ1n) is 9.12. The minimum Gasteiger partial charge on any atom is -0.378 e. The van der Waals surface area contributed by atoms with Gasteiger partial charge in [-0.15, -0.1) is 0 Å². The van der Waals surface area contributed by atoms with Gasteiger partial charge in [0, 0.05) is 31.0 Å². The number of para-hydroxylation sites is 2. The van der Waals surface area contributed by atoms with E-state index in [1.54, 1.807) is 0 Å². The maximum absolute atomic E-state index is 12.6. The third-order valence-electron chi connectivity index (χ3n) is 4.85. The minimum atomic E-state index is -0.229. The van der Waals surface area contributed by atoms with Gasteiger partial charge in [-0.2, -0.15) is 0 Å². The summed E-state index contributed by atoms with van der Waals surface area (Å²) in [4.78, 5) is 17.0. The van der Waals surface area contributed by atoms with Crippen LogP contribution in [0.2, 0.25) is 0 Å². The molecule has 3 rings (SSSR count). The Morgan fingerprint density at radius 2 is 1.77 bits per heavy atom. The lowest BCUT2D eigenvalue weighted by Gasteiger charge is -2.32. The first-order valence-corrected chi connectivity index (χ1v) is 9.12. The predicted molar refractivity (Wildman–Crippen MR) is 105 cm³/mol. The second kappa shape index (κ2) is 8.83. The molecule has 1 amide bonds. The average Bonchev–Trinajstić information content (AvgIpc) is 2.69. The van der Waals surface area contributed by atoms with Gasteiger partial charge in [0.05, 0.1) is 19.3 Å². The smallest absolute Gasteiger partial charge is 0.241 e. The molecule has 0 unspecified atom stereocenters. The molecule has 2 aromatic carbocycles. The van der Waals surface area contributed by atoms with Gasteiger partial charge in [0.25, 0.3) is 0 Å². The minimum absolute atomic E-state index is 0.00236. The second-order valence-corrected chi connectivity index (χ2v) is 6.67. The molecule has 0 bridgehead atoms. The van der Waals surface area contributed by atoms with Crippen molar-refractivity contribution in [3.8, 4) is 0 Å². The number of hydrogen-bond acceptors (Lipinski definition) is 4. The molecular weight excluding hydrogens is 326 g/mol. The molecule has 1 aliphatic heterocycles. The molecule has 1 heterocycles. The molecule has 0 saturated carbocycles. The maximum atomic E-state index is 12.6. The molecule has 26 heavy (non-hydrogen) atoms. The highest BCUT2D eigenvalue weighted by atomic mass is 16.5. The van der Waals surface area contributed by atoms with E-state index in [2.05, 4.69) is 39.4 Å². The summed E-state index contributed by atoms with van der Waals surface area (Å²) in [5, 5.41) is 2.98. The molecule has 2 aromatic rings. The van der Waals surface area contributed by atoms with Crippen LogP contribution in [0.3, 0.4) is 0 Å². The summed E-state index contributed by atoms with van der Waals surface area (Å²) in [6.45, 7) is 6.00. The topological polar surface area (TPSA) is 44.8 Å². The molecule has 0 radical (unpaired) electrons. The summed E-state index contributed by atoms with van der Waals surface area (Å²) in [5.74, 6) is 0.00236. The Bertz CT molecular complexity index is 714. The van der Waals surface area contributed by atoms with Gasteiger partial charge in [0.2, 0.25) is 5.91 Å². The zero-order chi connectivity index (χ0) is 18.4. The van der Waals surface area contributed by atoms with E-state index >= 15 is 0 Å². The lowest BCUT2D eigenvalue weighted by molar-refractivity contribution is -0.120. The Labute approximate surface area is 155 Å². The third-order valence-corrected chi connectivity index (χ3v) is 4.85. The number of benzene rings is 2. The van der Waals surface area contributed by atoms with Gasteiger partial charge in [-0.25, -0.2) is 0 Å². The molecule has 1 fully saturated rings. The van der Waals surface area contributed by atoms with Gasteiger partial charge < -0.3 is 15.0 Å². The van der Waals surface area contributed by atoms with Crippen molar-refractivity contribution in [3.05, 3.63) is 60.2 Å². The quantitative estimate of drug-likeness (QED) is 0.867. The van der Waals surface area contributed by atoms with E-state index in [-0.39, 0.29) is 11.9 Å². The van der Waals surface area contributed by atoms with Crippen LogP contribution >= 0.6 is 0 Å². The van der Waals surface area contributed by atoms with Crippen molar-refractivity contribution in [2.45, 2.75) is 19.5 Å². The molecule has 5 nitrogen and oxygen atoms in total. The van der Waals surface area contributed by atoms with Gasteiger partial charge in [-0.05, 0) is 37.7 Å². The molecule has 1 N–H and O–H groups in total. The summed E-state index contributed by atoms with van der Waals surface area (Å²) in [6, 6.07) is 17.8. The van der Waals surface area contributed by atoms with Crippen LogP contribution in [0, 0.1) is 0 Å². The fraction of sp³-hybridized carbons (Fsp3) is 0.381. The Hall–Kier alpha value is -2.37. The van der Waals surface area contributed by atoms with Gasteiger partial charge in [0.1, 0.15) is 0 Å². The zero-order valence-corrected chi connectivity index (χ0v) is 15.5. The van der Waals surface area contributed by atoms with Crippen molar-refractivity contribution < 1.29 is 9.53 Å². The fourth-order valence-corrected chi connectivity index (χ4v) is 3.13. The Kier molecular flexibility index (Phi) is 6.26. The number of likely N-dealkylation sites (N-methyl/N-ethyl adjacent to an activating group) is 1. The van der Waals surface area contributed by atoms with Gasteiger partial charge >= 0.3 is 0 Å². The molecule has 5 heteroatoms. The van der Waals surface area contributed by atoms with E-state index in [1.165, 1.54) is 11.3 Å². The molecular formula is C21H27N3O2. The van der Waals surface area contributed by atoms with E-state index in [1.807, 2.05) is 44.3 Å². The summed E-state index contributed by atoms with van der Waals surface area (Å²) in [5.41, 5.74) is 3.29. The van der Waals surface area contributed by atoms with Crippen LogP contribution in [0.15, 0.2) is 54.6 Å². The maximum Gasteiger partial charge on any atom is 0.241 e. The second-order valence-electron chi connectivity index (χ2n) is 6.67. The molecule has 0 spiro atoms. The van der Waals surface area contributed by atoms with Crippen LogP contribution in [0.1, 0.15) is 12.5 Å². The molecule has 1 saturated heterocycles. The number of morpholine rings is 1. The number of rotatable bonds is 6. The number of nitrogens with one attached hydrogen (secondary N) is 1. The number of ether oxygens (including phenoxy) is 1. The van der Waals surface area contributed by atoms with Crippen molar-refractivity contribution in [1.82, 2.24) is 4.90 Å². The van der Waals surface area contributed by atoms with Crippen LogP contribution in [0.25, 0.3) is 0 Å². The number of anilines is 2. The van der Waals surface area contributed by atoms with Crippen molar-refractivity contribution in [1.29, 1.82) is 0 Å². The summed E-state index contributed by atoms with van der Waals surface area (Å²) in [7, 11) is 1.99. The SMILES string of the molecule is C[C@@H](C(=O)Nc1ccccc1)N(C)Cc1ccccc1N1CCOCC1. The molecule has 1 atom stereocenters. The first-order chi connectivity index (χ1) is 12.6. The monoisotopic (exact) mass is 353 g/mol. The van der Waals surface area contributed by atoms with E-state index < -0.39 is 0 Å². The summed E-state index contributed by atoms with van der Waals surface area (Å²) in [6.07, 6.45) is 0. The number of carbonyl (C=O) groups is 1. The standard InChI is InChI=1S/C21H27N3O2/c1-17(21(25)22-19-9-4-3-5-10-19)23(2)16-18-8-6-7-11-20(18)24-12-14-26-15-13-24/h3-11,17H,12-16H2,1-2H3,(H,22,25)/t17-/m0/s1. The van der Waals surface area contributed by atoms with Crippen molar-refractivity contribution in [2.75, 3.05) is 43.6 Å². The molecule has 138 valence electrons. The molecule has 0 aromatic heterocycles. The van der Waals surface area contributed by atoms with Crippen LogP contribution in [0.5, 0.6) is 0 Å². The first kappa shape index (κ1) is 18.4. The van der Waals surface area contributed by atoms with Crippen LogP contribution < -0.4 is 10.2 Å². The Balaban J connectivity index is 1.65. The lowest BCUT2D eigenvalue weighted by atomic mass is 10.1. The largest absolute Gasteiger partial charge is 0.378 e. The van der Waals surface area contributed by atoms with E-state index in [9.17, 15) is 4.79 Å². The van der Waals surface area contributed by atoms with Gasteiger partial charge in [-0.3, -0.25) is 9.69 Å².